The highest BCUT2D eigenvalue weighted by molar-refractivity contribution is 6.09. The molecule has 37 heavy (non-hydrogen) atoms. The first kappa shape index (κ1) is 24.6. The van der Waals surface area contributed by atoms with Crippen molar-refractivity contribution in [3.63, 3.8) is 0 Å². The van der Waals surface area contributed by atoms with Gasteiger partial charge >= 0.3 is 5.97 Å². The van der Waals surface area contributed by atoms with E-state index >= 15 is 0 Å². The minimum absolute atomic E-state index is 0.0245. The molecule has 5 rings (SSSR count). The normalized spacial score (nSPS) is 21.2. The number of ketones is 1. The van der Waals surface area contributed by atoms with E-state index in [0.717, 1.165) is 5.56 Å². The number of hydrogen-bond acceptors (Lipinski definition) is 5. The highest BCUT2D eigenvalue weighted by Crippen LogP contribution is 2.46. The van der Waals surface area contributed by atoms with Crippen molar-refractivity contribution >= 4 is 17.5 Å². The second kappa shape index (κ2) is 10.9. The first-order valence-electron chi connectivity index (χ1n) is 12.5. The Morgan fingerprint density at radius 2 is 1.57 bits per heavy atom. The van der Waals surface area contributed by atoms with E-state index in [-0.39, 0.29) is 30.7 Å². The summed E-state index contributed by atoms with van der Waals surface area (Å²) in [7, 11) is 0. The fourth-order valence-corrected chi connectivity index (χ4v) is 5.26. The highest BCUT2D eigenvalue weighted by Gasteiger charge is 2.44. The van der Waals surface area contributed by atoms with E-state index in [1.165, 1.54) is 12.1 Å². The molecule has 6 heteroatoms. The number of carbonyl (C=O) groups is 2. The third-order valence-corrected chi connectivity index (χ3v) is 6.98. The zero-order chi connectivity index (χ0) is 25.8. The Morgan fingerprint density at radius 1 is 0.892 bits per heavy atom. The van der Waals surface area contributed by atoms with Crippen LogP contribution >= 0.6 is 0 Å². The van der Waals surface area contributed by atoms with Gasteiger partial charge in [-0.1, -0.05) is 60.7 Å². The first-order valence-corrected chi connectivity index (χ1v) is 12.5. The molecule has 0 fully saturated rings. The number of aliphatic imine (C=N–C) groups is 1. The second-order valence-electron chi connectivity index (χ2n) is 9.39. The topological polar surface area (TPSA) is 65.0 Å². The lowest BCUT2D eigenvalue weighted by atomic mass is 9.69. The summed E-state index contributed by atoms with van der Waals surface area (Å²) in [4.78, 5) is 31.7. The van der Waals surface area contributed by atoms with E-state index in [1.807, 2.05) is 60.7 Å². The standard InChI is InChI=1S/C31H28FNO4/c1-20-28(31(35)37-17-16-36-25-10-6-3-7-11-25)29(22-12-14-24(32)15-13-22)30-26(33-20)18-23(19-27(30)34)21-8-4-2-5-9-21/h2-15,23,28-29H,16-19H2,1H3/t23-,28?,29+/m1/s1. The van der Waals surface area contributed by atoms with Crippen LogP contribution < -0.4 is 4.74 Å². The van der Waals surface area contributed by atoms with Crippen molar-refractivity contribution in [2.24, 2.45) is 10.9 Å². The van der Waals surface area contributed by atoms with Gasteiger partial charge in [-0.15, -0.1) is 0 Å². The van der Waals surface area contributed by atoms with E-state index in [9.17, 15) is 14.0 Å². The van der Waals surface area contributed by atoms with Crippen LogP contribution in [0.15, 0.2) is 101 Å². The number of carbonyl (C=O) groups excluding carboxylic acids is 2. The Balaban J connectivity index is 1.41. The number of halogens is 1. The highest BCUT2D eigenvalue weighted by atomic mass is 19.1. The molecule has 3 aromatic rings. The molecular formula is C31H28FNO4. The fourth-order valence-electron chi connectivity index (χ4n) is 5.26. The third-order valence-electron chi connectivity index (χ3n) is 6.98. The number of Topliss-reactive ketones (excluding diaryl/α,β-unsaturated/α-hetero) is 1. The van der Waals surface area contributed by atoms with Crippen molar-refractivity contribution in [3.05, 3.63) is 113 Å². The molecule has 2 aliphatic rings. The lowest BCUT2D eigenvalue weighted by Crippen LogP contribution is -2.38. The molecule has 0 bridgehead atoms. The molecule has 0 saturated heterocycles. The number of rotatable bonds is 7. The average Bonchev–Trinajstić information content (AvgIpc) is 2.91. The summed E-state index contributed by atoms with van der Waals surface area (Å²) in [6.45, 7) is 2.05. The van der Waals surface area contributed by atoms with Crippen LogP contribution in [-0.4, -0.2) is 30.7 Å². The maximum absolute atomic E-state index is 13.8. The van der Waals surface area contributed by atoms with Gasteiger partial charge in [0.15, 0.2) is 5.78 Å². The van der Waals surface area contributed by atoms with E-state index in [1.54, 1.807) is 19.1 Å². The van der Waals surface area contributed by atoms with Crippen molar-refractivity contribution in [2.45, 2.75) is 31.6 Å². The van der Waals surface area contributed by atoms with Crippen LogP contribution in [0.1, 0.15) is 42.7 Å². The summed E-state index contributed by atoms with van der Waals surface area (Å²) in [5, 5.41) is 0. The van der Waals surface area contributed by atoms with Crippen LogP contribution in [0.2, 0.25) is 0 Å². The molecule has 1 heterocycles. The van der Waals surface area contributed by atoms with Gasteiger partial charge in [0.25, 0.3) is 0 Å². The Bertz CT molecular complexity index is 1330. The molecule has 1 unspecified atom stereocenters. The number of allylic oxidation sites excluding steroid dienone is 2. The van der Waals surface area contributed by atoms with Crippen molar-refractivity contribution < 1.29 is 23.5 Å². The number of ether oxygens (including phenoxy) is 2. The maximum atomic E-state index is 13.8. The molecule has 0 radical (unpaired) electrons. The smallest absolute Gasteiger partial charge is 0.315 e. The van der Waals surface area contributed by atoms with Crippen molar-refractivity contribution in [1.82, 2.24) is 0 Å². The number of benzene rings is 3. The summed E-state index contributed by atoms with van der Waals surface area (Å²) >= 11 is 0. The summed E-state index contributed by atoms with van der Waals surface area (Å²) < 4.78 is 25.0. The maximum Gasteiger partial charge on any atom is 0.315 e. The average molecular weight is 498 g/mol. The molecule has 0 saturated carbocycles. The lowest BCUT2D eigenvalue weighted by Gasteiger charge is -2.36. The van der Waals surface area contributed by atoms with Crippen LogP contribution in [-0.2, 0) is 14.3 Å². The second-order valence-corrected chi connectivity index (χ2v) is 9.39. The van der Waals surface area contributed by atoms with E-state index in [2.05, 4.69) is 0 Å². The number of esters is 1. The van der Waals surface area contributed by atoms with Gasteiger partial charge in [-0.2, -0.15) is 0 Å². The summed E-state index contributed by atoms with van der Waals surface area (Å²) in [5.74, 6) is -1.54. The van der Waals surface area contributed by atoms with Gasteiger partial charge in [0.05, 0.1) is 0 Å². The minimum atomic E-state index is -0.779. The Morgan fingerprint density at radius 3 is 2.27 bits per heavy atom. The predicted octanol–water partition coefficient (Wildman–Crippen LogP) is 6.02. The minimum Gasteiger partial charge on any atom is -0.490 e. The first-order chi connectivity index (χ1) is 18.0. The monoisotopic (exact) mass is 497 g/mol. The largest absolute Gasteiger partial charge is 0.490 e. The van der Waals surface area contributed by atoms with Gasteiger partial charge in [-0.3, -0.25) is 14.6 Å². The van der Waals surface area contributed by atoms with Crippen LogP contribution in [0.25, 0.3) is 0 Å². The predicted molar refractivity (Wildman–Crippen MR) is 139 cm³/mol. The number of para-hydroxylation sites is 1. The SMILES string of the molecule is CC1=NC2=C(C(=O)C[C@H](c3ccccc3)C2)[C@@H](c2ccc(F)cc2)C1C(=O)OCCOc1ccccc1. The molecule has 1 aliphatic carbocycles. The van der Waals surface area contributed by atoms with Crippen molar-refractivity contribution in [1.29, 1.82) is 0 Å². The molecule has 1 aliphatic heterocycles. The molecule has 0 N–H and O–H groups in total. The van der Waals surface area contributed by atoms with Gasteiger partial charge < -0.3 is 9.47 Å². The molecule has 188 valence electrons. The van der Waals surface area contributed by atoms with Crippen LogP contribution in [0.4, 0.5) is 4.39 Å². The lowest BCUT2D eigenvalue weighted by molar-refractivity contribution is -0.147. The summed E-state index contributed by atoms with van der Waals surface area (Å²) in [6, 6.07) is 25.2. The number of nitrogens with zero attached hydrogens (tertiary/aromatic N) is 1. The van der Waals surface area contributed by atoms with Crippen molar-refractivity contribution in [2.75, 3.05) is 13.2 Å². The van der Waals surface area contributed by atoms with Gasteiger partial charge in [0.2, 0.25) is 0 Å². The van der Waals surface area contributed by atoms with Gasteiger partial charge in [-0.05, 0) is 54.7 Å². The zero-order valence-electron chi connectivity index (χ0n) is 20.6. The Labute approximate surface area is 215 Å². The quantitative estimate of drug-likeness (QED) is 0.296. The molecule has 0 spiro atoms. The Hall–Kier alpha value is -4.06. The van der Waals surface area contributed by atoms with Gasteiger partial charge in [-0.25, -0.2) is 4.39 Å². The zero-order valence-corrected chi connectivity index (χ0v) is 20.6. The number of hydrogen-bond donors (Lipinski definition) is 0. The molecule has 3 atom stereocenters. The van der Waals surface area contributed by atoms with Crippen LogP contribution in [0, 0.1) is 11.7 Å². The van der Waals surface area contributed by atoms with Crippen molar-refractivity contribution in [3.8, 4) is 5.75 Å². The van der Waals surface area contributed by atoms with Crippen LogP contribution in [0.3, 0.4) is 0 Å². The molecular weight excluding hydrogens is 469 g/mol. The van der Waals surface area contributed by atoms with E-state index in [0.29, 0.717) is 41.1 Å². The molecule has 0 aromatic heterocycles. The molecule has 5 nitrogen and oxygen atoms in total. The summed E-state index contributed by atoms with van der Waals surface area (Å²) in [6.07, 6.45) is 0.939. The van der Waals surface area contributed by atoms with Gasteiger partial charge in [0, 0.05) is 29.3 Å². The van der Waals surface area contributed by atoms with Crippen LogP contribution in [0.5, 0.6) is 5.75 Å². The van der Waals surface area contributed by atoms with Gasteiger partial charge in [0.1, 0.15) is 30.7 Å². The summed E-state index contributed by atoms with van der Waals surface area (Å²) in [5.41, 5.74) is 3.61. The third kappa shape index (κ3) is 5.38. The molecule has 0 amide bonds. The van der Waals surface area contributed by atoms with E-state index < -0.39 is 17.8 Å². The molecule has 3 aromatic carbocycles. The Kier molecular flexibility index (Phi) is 7.26. The van der Waals surface area contributed by atoms with E-state index in [4.69, 9.17) is 14.5 Å². The fraction of sp³-hybridized carbons (Fsp3) is 0.258.